The Kier molecular flexibility index (Phi) is 2.27. The molecule has 0 aliphatic rings. The highest BCUT2D eigenvalue weighted by Crippen LogP contribution is 2.21. The molecule has 1 aromatic heterocycles. The molecule has 3 N–H and O–H groups in total. The van der Waals surface area contributed by atoms with Crippen molar-refractivity contribution in [3.8, 4) is 5.88 Å². The number of carbonyl (C=O) groups excluding carboxylic acids is 1. The zero-order valence-electron chi connectivity index (χ0n) is 7.92. The number of hydrogen-bond acceptors (Lipinski definition) is 4. The average molecular weight is 183 g/mol. The number of nitrogen functional groups attached to an aromatic ring is 1. The van der Waals surface area contributed by atoms with Gasteiger partial charge in [-0.2, -0.15) is 0 Å². The molecule has 0 aromatic carbocycles. The molecule has 5 heteroatoms. The van der Waals surface area contributed by atoms with Crippen molar-refractivity contribution in [1.29, 1.82) is 0 Å². The fraction of sp³-hybridized carbons (Fsp3) is 0.500. The predicted octanol–water partition coefficient (Wildman–Crippen LogP) is 0.943. The van der Waals surface area contributed by atoms with Crippen molar-refractivity contribution in [2.75, 3.05) is 5.73 Å². The molecule has 0 radical (unpaired) electrons. The minimum atomic E-state index is -0.550. The van der Waals surface area contributed by atoms with Crippen LogP contribution in [0, 0.1) is 5.41 Å². The summed E-state index contributed by atoms with van der Waals surface area (Å²) in [5.74, 6) is -0.216. The van der Waals surface area contributed by atoms with E-state index in [4.69, 9.17) is 10.5 Å². The number of hydrogen-bond donors (Lipinski definition) is 2. The summed E-state index contributed by atoms with van der Waals surface area (Å²) in [4.78, 5) is 11.4. The largest absolute Gasteiger partial charge is 0.403 e. The molecule has 0 aliphatic heterocycles. The van der Waals surface area contributed by atoms with Gasteiger partial charge in [0.15, 0.2) is 0 Å². The summed E-state index contributed by atoms with van der Waals surface area (Å²) in [6, 6.07) is 0. The number of ether oxygens (including phenoxy) is 1. The van der Waals surface area contributed by atoms with Gasteiger partial charge in [0, 0.05) is 6.20 Å². The number of anilines is 1. The first-order valence-electron chi connectivity index (χ1n) is 3.93. The number of nitrogens with one attached hydrogen (secondary N) is 1. The third-order valence-corrected chi connectivity index (χ3v) is 1.43. The van der Waals surface area contributed by atoms with Gasteiger partial charge in [-0.25, -0.2) is 0 Å². The van der Waals surface area contributed by atoms with E-state index in [1.807, 2.05) is 0 Å². The fourth-order valence-electron chi connectivity index (χ4n) is 0.609. The quantitative estimate of drug-likeness (QED) is 0.635. The lowest BCUT2D eigenvalue weighted by Crippen LogP contribution is -2.25. The van der Waals surface area contributed by atoms with Crippen LogP contribution in [0.5, 0.6) is 5.88 Å². The van der Waals surface area contributed by atoms with Crippen LogP contribution >= 0.6 is 0 Å². The van der Waals surface area contributed by atoms with Gasteiger partial charge < -0.3 is 10.5 Å². The molecule has 5 nitrogen and oxygen atoms in total. The molecule has 1 aromatic rings. The number of carbonyl (C=O) groups is 1. The van der Waals surface area contributed by atoms with E-state index in [-0.39, 0.29) is 11.8 Å². The molecule has 0 saturated heterocycles. The predicted molar refractivity (Wildman–Crippen MR) is 48.1 cm³/mol. The molecule has 13 heavy (non-hydrogen) atoms. The highest BCUT2D eigenvalue weighted by molar-refractivity contribution is 5.78. The smallest absolute Gasteiger partial charge is 0.318 e. The summed E-state index contributed by atoms with van der Waals surface area (Å²) in [7, 11) is 0. The van der Waals surface area contributed by atoms with Crippen molar-refractivity contribution in [3.63, 3.8) is 0 Å². The molecule has 0 amide bonds. The number of esters is 1. The van der Waals surface area contributed by atoms with Crippen LogP contribution in [0.3, 0.4) is 0 Å². The van der Waals surface area contributed by atoms with E-state index in [1.54, 1.807) is 20.8 Å². The summed E-state index contributed by atoms with van der Waals surface area (Å²) in [6.45, 7) is 5.29. The minimum Gasteiger partial charge on any atom is -0.403 e. The Labute approximate surface area is 76.3 Å². The standard InChI is InChI=1S/C8H13N3O2/c1-8(2,3)7(12)13-6-5(9)4-10-11-6/h4H,9H2,1-3H3,(H,10,11). The van der Waals surface area contributed by atoms with Gasteiger partial charge in [0.25, 0.3) is 5.88 Å². The maximum atomic E-state index is 11.4. The molecule has 1 heterocycles. The highest BCUT2D eigenvalue weighted by atomic mass is 16.5. The maximum absolute atomic E-state index is 11.4. The number of nitrogens with two attached hydrogens (primary N) is 1. The van der Waals surface area contributed by atoms with Crippen molar-refractivity contribution in [1.82, 2.24) is 10.2 Å². The van der Waals surface area contributed by atoms with Crippen molar-refractivity contribution in [3.05, 3.63) is 6.20 Å². The van der Waals surface area contributed by atoms with E-state index in [0.717, 1.165) is 0 Å². The van der Waals surface area contributed by atoms with Gasteiger partial charge in [-0.3, -0.25) is 9.89 Å². The zero-order valence-corrected chi connectivity index (χ0v) is 7.92. The molecule has 0 aliphatic carbocycles. The first-order chi connectivity index (χ1) is 5.91. The van der Waals surface area contributed by atoms with E-state index in [1.165, 1.54) is 6.20 Å². The van der Waals surface area contributed by atoms with Crippen LogP contribution in [0.2, 0.25) is 0 Å². The SMILES string of the molecule is CC(C)(C)C(=O)Oc1n[nH]cc1N. The topological polar surface area (TPSA) is 81.0 Å². The van der Waals surface area contributed by atoms with Gasteiger partial charge in [-0.1, -0.05) is 0 Å². The van der Waals surface area contributed by atoms with E-state index in [9.17, 15) is 4.79 Å². The summed E-state index contributed by atoms with van der Waals surface area (Å²) in [6.07, 6.45) is 1.46. The maximum Gasteiger partial charge on any atom is 0.318 e. The normalized spacial score (nSPS) is 11.3. The molecule has 0 spiro atoms. The molecular formula is C8H13N3O2. The van der Waals surface area contributed by atoms with Gasteiger partial charge in [0.2, 0.25) is 0 Å². The number of rotatable bonds is 1. The Hall–Kier alpha value is -1.52. The fourth-order valence-corrected chi connectivity index (χ4v) is 0.609. The Bertz CT molecular complexity index is 311. The second kappa shape index (κ2) is 3.08. The number of aromatic nitrogens is 2. The minimum absolute atomic E-state index is 0.139. The van der Waals surface area contributed by atoms with Gasteiger partial charge in [0.05, 0.1) is 5.41 Å². The molecule has 0 saturated carbocycles. The van der Waals surface area contributed by atoms with E-state index >= 15 is 0 Å². The Morgan fingerprint density at radius 2 is 2.23 bits per heavy atom. The second-order valence-corrected chi connectivity index (χ2v) is 3.79. The van der Waals surface area contributed by atoms with Crippen LogP contribution in [0.1, 0.15) is 20.8 Å². The van der Waals surface area contributed by atoms with Gasteiger partial charge in [0.1, 0.15) is 5.69 Å². The summed E-state index contributed by atoms with van der Waals surface area (Å²) >= 11 is 0. The van der Waals surface area contributed by atoms with Crippen LogP contribution in [0.25, 0.3) is 0 Å². The van der Waals surface area contributed by atoms with Crippen LogP contribution in [-0.4, -0.2) is 16.2 Å². The Morgan fingerprint density at radius 3 is 2.62 bits per heavy atom. The molecule has 0 atom stereocenters. The zero-order chi connectivity index (χ0) is 10.1. The highest BCUT2D eigenvalue weighted by Gasteiger charge is 2.25. The van der Waals surface area contributed by atoms with Crippen molar-refractivity contribution < 1.29 is 9.53 Å². The monoisotopic (exact) mass is 183 g/mol. The van der Waals surface area contributed by atoms with Crippen LogP contribution < -0.4 is 10.5 Å². The van der Waals surface area contributed by atoms with E-state index in [2.05, 4.69) is 10.2 Å². The number of H-pyrrole nitrogens is 1. The second-order valence-electron chi connectivity index (χ2n) is 3.79. The average Bonchev–Trinajstić information content (AvgIpc) is 2.34. The molecule has 0 bridgehead atoms. The third-order valence-electron chi connectivity index (χ3n) is 1.43. The molecule has 72 valence electrons. The number of aromatic amines is 1. The van der Waals surface area contributed by atoms with Crippen molar-refractivity contribution in [2.45, 2.75) is 20.8 Å². The summed E-state index contributed by atoms with van der Waals surface area (Å²) in [5.41, 5.74) is 5.24. The molecule has 0 unspecified atom stereocenters. The summed E-state index contributed by atoms with van der Waals surface area (Å²) in [5, 5.41) is 6.18. The van der Waals surface area contributed by atoms with Gasteiger partial charge >= 0.3 is 5.97 Å². The first kappa shape index (κ1) is 9.57. The third kappa shape index (κ3) is 2.21. The van der Waals surface area contributed by atoms with Crippen LogP contribution in [-0.2, 0) is 4.79 Å². The van der Waals surface area contributed by atoms with Gasteiger partial charge in [-0.15, -0.1) is 5.10 Å². The van der Waals surface area contributed by atoms with Crippen molar-refractivity contribution in [2.24, 2.45) is 5.41 Å². The first-order valence-corrected chi connectivity index (χ1v) is 3.93. The molecule has 0 fully saturated rings. The van der Waals surface area contributed by atoms with Crippen LogP contribution in [0.15, 0.2) is 6.20 Å². The Morgan fingerprint density at radius 1 is 1.62 bits per heavy atom. The molecular weight excluding hydrogens is 170 g/mol. The lowest BCUT2D eigenvalue weighted by atomic mass is 9.97. The lowest BCUT2D eigenvalue weighted by molar-refractivity contribution is -0.143. The number of nitrogens with zero attached hydrogens (tertiary/aromatic N) is 1. The van der Waals surface area contributed by atoms with E-state index < -0.39 is 5.41 Å². The van der Waals surface area contributed by atoms with E-state index in [0.29, 0.717) is 5.69 Å². The Balaban J connectivity index is 2.71. The molecule has 1 rings (SSSR count). The van der Waals surface area contributed by atoms with Crippen molar-refractivity contribution >= 4 is 11.7 Å². The van der Waals surface area contributed by atoms with Gasteiger partial charge in [-0.05, 0) is 20.8 Å². The van der Waals surface area contributed by atoms with Crippen LogP contribution in [0.4, 0.5) is 5.69 Å². The lowest BCUT2D eigenvalue weighted by Gasteiger charge is -2.14. The summed E-state index contributed by atoms with van der Waals surface area (Å²) < 4.78 is 4.94.